The van der Waals surface area contributed by atoms with Crippen molar-refractivity contribution in [3.8, 4) is 17.2 Å². The van der Waals surface area contributed by atoms with Crippen LogP contribution in [0.25, 0.3) is 32.7 Å². The maximum Gasteiger partial charge on any atom is 0.231 e. The molecule has 1 aromatic heterocycles. The summed E-state index contributed by atoms with van der Waals surface area (Å²) in [6.45, 7) is 0.193. The zero-order chi connectivity index (χ0) is 16.3. The number of fused-ring (bicyclic) bond motifs is 5. The number of hydrogen-bond acceptors (Lipinski definition) is 5. The van der Waals surface area contributed by atoms with Crippen LogP contribution in [0, 0.1) is 0 Å². The van der Waals surface area contributed by atoms with Crippen molar-refractivity contribution in [1.29, 1.82) is 0 Å². The van der Waals surface area contributed by atoms with Crippen molar-refractivity contribution < 1.29 is 18.6 Å². The highest BCUT2D eigenvalue weighted by Gasteiger charge is 2.18. The topological polar surface area (TPSA) is 57.9 Å². The van der Waals surface area contributed by atoms with Crippen LogP contribution in [-0.2, 0) is 0 Å². The fourth-order valence-electron chi connectivity index (χ4n) is 3.22. The normalized spacial score (nSPS) is 13.0. The summed E-state index contributed by atoms with van der Waals surface area (Å²) in [5.74, 6) is 1.87. The van der Waals surface area contributed by atoms with Crippen LogP contribution in [0.1, 0.15) is 0 Å². The lowest BCUT2D eigenvalue weighted by Gasteiger charge is -2.08. The number of para-hydroxylation sites is 1. The van der Waals surface area contributed by atoms with Crippen molar-refractivity contribution in [3.05, 3.63) is 52.7 Å². The van der Waals surface area contributed by atoms with Gasteiger partial charge in [-0.2, -0.15) is 0 Å². The molecule has 0 radical (unpaired) electrons. The molecule has 0 fully saturated rings. The summed E-state index contributed by atoms with van der Waals surface area (Å²) in [6.07, 6.45) is 0. The second-order valence-corrected chi connectivity index (χ2v) is 5.63. The molecule has 0 amide bonds. The Morgan fingerprint density at radius 1 is 1.00 bits per heavy atom. The SMILES string of the molecule is COc1cccc2c(=O)c3c(ccc4cc5c(cc43)OCO5)oc12. The summed E-state index contributed by atoms with van der Waals surface area (Å²) in [5, 5.41) is 2.72. The molecule has 5 rings (SSSR count). The van der Waals surface area contributed by atoms with Gasteiger partial charge >= 0.3 is 0 Å². The van der Waals surface area contributed by atoms with Gasteiger partial charge in [-0.1, -0.05) is 12.1 Å². The van der Waals surface area contributed by atoms with E-state index in [0.717, 1.165) is 10.8 Å². The summed E-state index contributed by atoms with van der Waals surface area (Å²) in [5.41, 5.74) is 0.885. The predicted molar refractivity (Wildman–Crippen MR) is 90.2 cm³/mol. The fraction of sp³-hybridized carbons (Fsp3) is 0.105. The van der Waals surface area contributed by atoms with Gasteiger partial charge in [0.25, 0.3) is 0 Å². The first-order valence-corrected chi connectivity index (χ1v) is 7.52. The van der Waals surface area contributed by atoms with Crippen molar-refractivity contribution in [2.75, 3.05) is 13.9 Å². The predicted octanol–water partition coefficient (Wildman–Crippen LogP) is 3.84. The maximum atomic E-state index is 13.1. The molecule has 0 aliphatic carbocycles. The fourth-order valence-corrected chi connectivity index (χ4v) is 3.22. The lowest BCUT2D eigenvalue weighted by Crippen LogP contribution is -2.03. The zero-order valence-corrected chi connectivity index (χ0v) is 12.8. The standard InChI is InChI=1S/C19H12O5/c1-21-14-4-2-3-11-18(20)17-12-8-16-15(22-9-23-16)7-10(12)5-6-13(17)24-19(11)14/h2-8H,9H2,1H3. The summed E-state index contributed by atoms with van der Waals surface area (Å²) in [7, 11) is 1.56. The molecule has 24 heavy (non-hydrogen) atoms. The van der Waals surface area contributed by atoms with Gasteiger partial charge in [0.2, 0.25) is 12.2 Å². The van der Waals surface area contributed by atoms with Crippen LogP contribution >= 0.6 is 0 Å². The Hall–Kier alpha value is -3.21. The number of rotatable bonds is 1. The minimum absolute atomic E-state index is 0.0883. The second-order valence-electron chi connectivity index (χ2n) is 5.63. The molecule has 5 nitrogen and oxygen atoms in total. The van der Waals surface area contributed by atoms with E-state index in [1.54, 1.807) is 31.4 Å². The van der Waals surface area contributed by atoms with Crippen molar-refractivity contribution in [2.45, 2.75) is 0 Å². The molecule has 5 heteroatoms. The van der Waals surface area contributed by atoms with E-state index in [2.05, 4.69) is 0 Å². The number of hydrogen-bond donors (Lipinski definition) is 0. The Kier molecular flexibility index (Phi) is 2.56. The summed E-state index contributed by atoms with van der Waals surface area (Å²) < 4.78 is 22.1. The highest BCUT2D eigenvalue weighted by Crippen LogP contribution is 2.38. The molecular weight excluding hydrogens is 308 g/mol. The Labute approximate surface area is 136 Å². The van der Waals surface area contributed by atoms with E-state index in [0.29, 0.717) is 39.2 Å². The molecule has 3 aromatic carbocycles. The Bertz CT molecular complexity index is 1190. The maximum absolute atomic E-state index is 13.1. The van der Waals surface area contributed by atoms with Gasteiger partial charge in [-0.15, -0.1) is 0 Å². The van der Waals surface area contributed by atoms with E-state index >= 15 is 0 Å². The van der Waals surface area contributed by atoms with E-state index in [1.807, 2.05) is 18.2 Å². The molecular formula is C19H12O5. The first kappa shape index (κ1) is 13.2. The monoisotopic (exact) mass is 320 g/mol. The lowest BCUT2D eigenvalue weighted by atomic mass is 10.0. The molecule has 0 saturated carbocycles. The Morgan fingerprint density at radius 3 is 2.67 bits per heavy atom. The van der Waals surface area contributed by atoms with Gasteiger partial charge in [0, 0.05) is 5.39 Å². The zero-order valence-electron chi connectivity index (χ0n) is 12.8. The molecule has 4 aromatic rings. The third-order valence-electron chi connectivity index (χ3n) is 4.36. The lowest BCUT2D eigenvalue weighted by molar-refractivity contribution is 0.174. The van der Waals surface area contributed by atoms with Gasteiger partial charge < -0.3 is 18.6 Å². The van der Waals surface area contributed by atoms with E-state index in [-0.39, 0.29) is 12.2 Å². The van der Waals surface area contributed by atoms with Crippen molar-refractivity contribution in [1.82, 2.24) is 0 Å². The third-order valence-corrected chi connectivity index (χ3v) is 4.36. The Balaban J connectivity index is 1.99. The molecule has 1 aliphatic rings. The highest BCUT2D eigenvalue weighted by molar-refractivity contribution is 6.09. The molecule has 118 valence electrons. The van der Waals surface area contributed by atoms with E-state index in [9.17, 15) is 4.79 Å². The van der Waals surface area contributed by atoms with Gasteiger partial charge in [0.05, 0.1) is 17.9 Å². The van der Waals surface area contributed by atoms with Crippen LogP contribution in [0.2, 0.25) is 0 Å². The molecule has 0 unspecified atom stereocenters. The third kappa shape index (κ3) is 1.66. The van der Waals surface area contributed by atoms with Crippen LogP contribution in [0.3, 0.4) is 0 Å². The molecule has 0 N–H and O–H groups in total. The van der Waals surface area contributed by atoms with Crippen LogP contribution in [0.5, 0.6) is 17.2 Å². The number of methoxy groups -OCH3 is 1. The molecule has 1 aliphatic heterocycles. The smallest absolute Gasteiger partial charge is 0.231 e. The van der Waals surface area contributed by atoms with Gasteiger partial charge in [-0.05, 0) is 35.7 Å². The van der Waals surface area contributed by atoms with Crippen molar-refractivity contribution in [3.63, 3.8) is 0 Å². The minimum atomic E-state index is -0.0883. The van der Waals surface area contributed by atoms with E-state index in [1.165, 1.54) is 0 Å². The minimum Gasteiger partial charge on any atom is -0.493 e. The molecule has 0 spiro atoms. The average Bonchev–Trinajstić information content (AvgIpc) is 3.06. The summed E-state index contributed by atoms with van der Waals surface area (Å²) in [4.78, 5) is 13.1. The molecule has 2 heterocycles. The second kappa shape index (κ2) is 4.64. The van der Waals surface area contributed by atoms with Crippen molar-refractivity contribution in [2.24, 2.45) is 0 Å². The summed E-state index contributed by atoms with van der Waals surface area (Å²) >= 11 is 0. The summed E-state index contributed by atoms with van der Waals surface area (Å²) in [6, 6.07) is 12.7. The first-order valence-electron chi connectivity index (χ1n) is 7.52. The number of benzene rings is 3. The number of ether oxygens (including phenoxy) is 3. The van der Waals surface area contributed by atoms with Crippen molar-refractivity contribution >= 4 is 32.7 Å². The van der Waals surface area contributed by atoms with Gasteiger partial charge in [-0.3, -0.25) is 4.79 Å². The van der Waals surface area contributed by atoms with E-state index < -0.39 is 0 Å². The van der Waals surface area contributed by atoms with Crippen LogP contribution < -0.4 is 19.6 Å². The quantitative estimate of drug-likeness (QED) is 0.394. The van der Waals surface area contributed by atoms with Gasteiger partial charge in [-0.25, -0.2) is 0 Å². The average molecular weight is 320 g/mol. The van der Waals surface area contributed by atoms with Crippen LogP contribution in [0.15, 0.2) is 51.7 Å². The molecule has 0 bridgehead atoms. The van der Waals surface area contributed by atoms with Gasteiger partial charge in [0.1, 0.15) is 5.58 Å². The Morgan fingerprint density at radius 2 is 1.83 bits per heavy atom. The molecule has 0 saturated heterocycles. The van der Waals surface area contributed by atoms with Gasteiger partial charge in [0.15, 0.2) is 22.8 Å². The van der Waals surface area contributed by atoms with Crippen LogP contribution in [-0.4, -0.2) is 13.9 Å². The van der Waals surface area contributed by atoms with E-state index in [4.69, 9.17) is 18.6 Å². The largest absolute Gasteiger partial charge is 0.493 e. The molecule has 0 atom stereocenters. The van der Waals surface area contributed by atoms with Crippen LogP contribution in [0.4, 0.5) is 0 Å². The first-order chi connectivity index (χ1) is 11.8. The highest BCUT2D eigenvalue weighted by atomic mass is 16.7.